The molecule has 144 valence electrons. The predicted octanol–water partition coefficient (Wildman–Crippen LogP) is 4.60. The third-order valence-electron chi connectivity index (χ3n) is 5.37. The number of aromatic amines is 1. The molecule has 1 aliphatic rings. The van der Waals surface area contributed by atoms with Crippen LogP contribution in [0.15, 0.2) is 54.6 Å². The summed E-state index contributed by atoms with van der Waals surface area (Å²) in [7, 11) is 0. The number of hydrogen-bond donors (Lipinski definition) is 1. The number of nitrogens with one attached hydrogen (secondary N) is 1. The number of carbonyl (C=O) groups is 1. The van der Waals surface area contributed by atoms with Crippen molar-refractivity contribution in [2.24, 2.45) is 0 Å². The van der Waals surface area contributed by atoms with E-state index in [1.54, 1.807) is 0 Å². The number of rotatable bonds is 4. The fourth-order valence-corrected chi connectivity index (χ4v) is 3.89. The lowest BCUT2D eigenvalue weighted by Crippen LogP contribution is -2.48. The Morgan fingerprint density at radius 1 is 1.11 bits per heavy atom. The molecule has 3 aromatic rings. The lowest BCUT2D eigenvalue weighted by molar-refractivity contribution is 0.0644. The number of piperazine rings is 1. The van der Waals surface area contributed by atoms with E-state index >= 15 is 0 Å². The van der Waals surface area contributed by atoms with Gasteiger partial charge in [0.25, 0.3) is 5.91 Å². The van der Waals surface area contributed by atoms with Crippen LogP contribution in [0.1, 0.15) is 21.6 Å². The number of benzene rings is 2. The molecule has 0 unspecified atom stereocenters. The van der Waals surface area contributed by atoms with E-state index in [2.05, 4.69) is 34.2 Å². The molecule has 1 fully saturated rings. The third kappa shape index (κ3) is 3.98. The number of aromatic nitrogens is 1. The molecule has 1 N–H and O–H groups in total. The minimum atomic E-state index is 0.0734. The summed E-state index contributed by atoms with van der Waals surface area (Å²) in [6.07, 6.45) is 4.34. The number of amides is 1. The third-order valence-corrected chi connectivity index (χ3v) is 5.60. The van der Waals surface area contributed by atoms with Crippen molar-refractivity contribution in [3.63, 3.8) is 0 Å². The van der Waals surface area contributed by atoms with E-state index in [9.17, 15) is 4.79 Å². The summed E-state index contributed by atoms with van der Waals surface area (Å²) in [6.45, 7) is 6.15. The topological polar surface area (TPSA) is 39.3 Å². The zero-order chi connectivity index (χ0) is 19.5. The van der Waals surface area contributed by atoms with Gasteiger partial charge in [-0.15, -0.1) is 0 Å². The average molecular weight is 394 g/mol. The summed E-state index contributed by atoms with van der Waals surface area (Å²) in [6, 6.07) is 16.0. The second-order valence-corrected chi connectivity index (χ2v) is 7.66. The Bertz CT molecular complexity index is 1000. The maximum atomic E-state index is 13.0. The van der Waals surface area contributed by atoms with Crippen LogP contribution in [0.4, 0.5) is 0 Å². The highest BCUT2D eigenvalue weighted by Gasteiger charge is 2.24. The minimum Gasteiger partial charge on any atom is -0.350 e. The van der Waals surface area contributed by atoms with Gasteiger partial charge in [-0.25, -0.2) is 0 Å². The molecule has 1 aromatic heterocycles. The fraction of sp³-hybridized carbons (Fsp3) is 0.261. The normalized spacial score (nSPS) is 15.6. The standard InChI is InChI=1S/C23H24ClN3O/c1-17-20-10-9-19(24)16-21(20)25-22(17)23(28)27-14-12-26(13-15-27)11-5-8-18-6-3-2-4-7-18/h2-10,16,25H,11-15H2,1H3/b8-5+. The van der Waals surface area contributed by atoms with Gasteiger partial charge in [0.05, 0.1) is 0 Å². The zero-order valence-corrected chi connectivity index (χ0v) is 16.7. The molecule has 28 heavy (non-hydrogen) atoms. The van der Waals surface area contributed by atoms with Gasteiger partial charge >= 0.3 is 0 Å². The van der Waals surface area contributed by atoms with Crippen molar-refractivity contribution < 1.29 is 4.79 Å². The number of hydrogen-bond acceptors (Lipinski definition) is 2. The van der Waals surface area contributed by atoms with Crippen molar-refractivity contribution >= 4 is 34.5 Å². The van der Waals surface area contributed by atoms with Crippen LogP contribution in [0, 0.1) is 6.92 Å². The van der Waals surface area contributed by atoms with Gasteiger partial charge in [0.15, 0.2) is 0 Å². The van der Waals surface area contributed by atoms with E-state index in [0.717, 1.165) is 49.2 Å². The Hall–Kier alpha value is -2.56. The highest BCUT2D eigenvalue weighted by Crippen LogP contribution is 2.25. The van der Waals surface area contributed by atoms with Gasteiger partial charge in [0.2, 0.25) is 0 Å². The molecular weight excluding hydrogens is 370 g/mol. The summed E-state index contributed by atoms with van der Waals surface area (Å²) in [5, 5.41) is 1.72. The molecule has 1 saturated heterocycles. The number of carbonyl (C=O) groups excluding carboxylic acids is 1. The van der Waals surface area contributed by atoms with Crippen LogP contribution in [-0.4, -0.2) is 53.4 Å². The number of H-pyrrole nitrogens is 1. The largest absolute Gasteiger partial charge is 0.350 e. The Balaban J connectivity index is 1.36. The van der Waals surface area contributed by atoms with Gasteiger partial charge < -0.3 is 9.88 Å². The molecule has 4 nitrogen and oxygen atoms in total. The summed E-state index contributed by atoms with van der Waals surface area (Å²) in [5.74, 6) is 0.0734. The van der Waals surface area contributed by atoms with E-state index in [1.807, 2.05) is 48.2 Å². The van der Waals surface area contributed by atoms with Crippen LogP contribution in [0.2, 0.25) is 5.02 Å². The van der Waals surface area contributed by atoms with E-state index in [1.165, 1.54) is 5.56 Å². The molecule has 0 bridgehead atoms. The SMILES string of the molecule is Cc1c(C(=O)N2CCN(C/C=C/c3ccccc3)CC2)[nH]c2cc(Cl)ccc12. The second-order valence-electron chi connectivity index (χ2n) is 7.22. The minimum absolute atomic E-state index is 0.0734. The molecule has 2 heterocycles. The summed E-state index contributed by atoms with van der Waals surface area (Å²) in [4.78, 5) is 20.6. The first-order chi connectivity index (χ1) is 13.6. The molecule has 0 aliphatic carbocycles. The average Bonchev–Trinajstić information content (AvgIpc) is 3.04. The van der Waals surface area contributed by atoms with Crippen molar-refractivity contribution in [1.29, 1.82) is 0 Å². The molecule has 4 rings (SSSR count). The molecule has 1 aliphatic heterocycles. The highest BCUT2D eigenvalue weighted by molar-refractivity contribution is 6.31. The van der Waals surface area contributed by atoms with Gasteiger partial charge in [-0.05, 0) is 30.2 Å². The number of aryl methyl sites for hydroxylation is 1. The first kappa shape index (κ1) is 18.8. The van der Waals surface area contributed by atoms with E-state index < -0.39 is 0 Å². The lowest BCUT2D eigenvalue weighted by atomic mass is 10.1. The first-order valence-electron chi connectivity index (χ1n) is 9.63. The molecule has 5 heteroatoms. The highest BCUT2D eigenvalue weighted by atomic mass is 35.5. The predicted molar refractivity (Wildman–Crippen MR) is 116 cm³/mol. The van der Waals surface area contributed by atoms with Gasteiger partial charge in [-0.2, -0.15) is 0 Å². The van der Waals surface area contributed by atoms with Crippen molar-refractivity contribution in [2.75, 3.05) is 32.7 Å². The maximum Gasteiger partial charge on any atom is 0.270 e. The fourth-order valence-electron chi connectivity index (χ4n) is 3.72. The van der Waals surface area contributed by atoms with Crippen molar-refractivity contribution in [2.45, 2.75) is 6.92 Å². The summed E-state index contributed by atoms with van der Waals surface area (Å²) >= 11 is 6.08. The molecule has 2 aromatic carbocycles. The van der Waals surface area contributed by atoms with E-state index in [-0.39, 0.29) is 5.91 Å². The Morgan fingerprint density at radius 3 is 2.61 bits per heavy atom. The van der Waals surface area contributed by atoms with Crippen LogP contribution in [0.5, 0.6) is 0 Å². The molecule has 0 atom stereocenters. The summed E-state index contributed by atoms with van der Waals surface area (Å²) < 4.78 is 0. The lowest BCUT2D eigenvalue weighted by Gasteiger charge is -2.34. The Labute approximate surface area is 170 Å². The van der Waals surface area contributed by atoms with Crippen molar-refractivity contribution in [3.05, 3.63) is 76.5 Å². The summed E-state index contributed by atoms with van der Waals surface area (Å²) in [5.41, 5.74) is 3.79. The molecule has 0 radical (unpaired) electrons. The maximum absolute atomic E-state index is 13.0. The smallest absolute Gasteiger partial charge is 0.270 e. The van der Waals surface area contributed by atoms with Gasteiger partial charge in [-0.3, -0.25) is 9.69 Å². The molecule has 0 spiro atoms. The van der Waals surface area contributed by atoms with E-state index in [4.69, 9.17) is 11.6 Å². The second kappa shape index (κ2) is 8.21. The molecule has 0 saturated carbocycles. The van der Waals surface area contributed by atoms with Crippen LogP contribution in [0.3, 0.4) is 0 Å². The quantitative estimate of drug-likeness (QED) is 0.703. The van der Waals surface area contributed by atoms with Gasteiger partial charge in [0, 0.05) is 48.6 Å². The van der Waals surface area contributed by atoms with Crippen LogP contribution in [0.25, 0.3) is 17.0 Å². The zero-order valence-electron chi connectivity index (χ0n) is 16.0. The van der Waals surface area contributed by atoms with Gasteiger partial charge in [0.1, 0.15) is 5.69 Å². The van der Waals surface area contributed by atoms with Crippen LogP contribution >= 0.6 is 11.6 Å². The van der Waals surface area contributed by atoms with Gasteiger partial charge in [-0.1, -0.05) is 60.2 Å². The van der Waals surface area contributed by atoms with Crippen molar-refractivity contribution in [1.82, 2.24) is 14.8 Å². The molecular formula is C23H24ClN3O. The van der Waals surface area contributed by atoms with Crippen LogP contribution < -0.4 is 0 Å². The molecule has 1 amide bonds. The monoisotopic (exact) mass is 393 g/mol. The van der Waals surface area contributed by atoms with E-state index in [0.29, 0.717) is 10.7 Å². The number of halogens is 1. The van der Waals surface area contributed by atoms with Crippen LogP contribution in [-0.2, 0) is 0 Å². The first-order valence-corrected chi connectivity index (χ1v) is 10.0. The number of fused-ring (bicyclic) bond motifs is 1. The Morgan fingerprint density at radius 2 is 1.86 bits per heavy atom. The number of nitrogens with zero attached hydrogens (tertiary/aromatic N) is 2. The Kier molecular flexibility index (Phi) is 5.51. The van der Waals surface area contributed by atoms with Crippen molar-refractivity contribution in [3.8, 4) is 0 Å².